The lowest BCUT2D eigenvalue weighted by molar-refractivity contribution is -0.389. The minimum absolute atomic E-state index is 0.449. The second kappa shape index (κ2) is 4.54. The third-order valence-electron chi connectivity index (χ3n) is 1.48. The maximum atomic E-state index is 12.0. The molecule has 0 spiro atoms. The van der Waals surface area contributed by atoms with Crippen LogP contribution >= 0.6 is 15.9 Å². The lowest BCUT2D eigenvalue weighted by Gasteiger charge is -2.10. The summed E-state index contributed by atoms with van der Waals surface area (Å²) in [7, 11) is 0. The summed E-state index contributed by atoms with van der Waals surface area (Å²) in [5.74, 6) is -1.10. The monoisotopic (exact) mass is 311 g/mol. The van der Waals surface area contributed by atoms with Gasteiger partial charge >= 0.3 is 12.0 Å². The summed E-state index contributed by atoms with van der Waals surface area (Å²) in [5.41, 5.74) is -1.44. The highest BCUT2D eigenvalue weighted by molar-refractivity contribution is 9.10. The van der Waals surface area contributed by atoms with E-state index < -0.39 is 32.9 Å². The highest BCUT2D eigenvalue weighted by Gasteiger charge is 2.36. The first-order chi connectivity index (χ1) is 7.76. The van der Waals surface area contributed by atoms with Crippen LogP contribution in [0.2, 0.25) is 0 Å². The van der Waals surface area contributed by atoms with Crippen molar-refractivity contribution < 1.29 is 22.8 Å². The van der Waals surface area contributed by atoms with Gasteiger partial charge in [0.05, 0.1) is 4.92 Å². The highest BCUT2D eigenvalue weighted by atomic mass is 79.9. The van der Waals surface area contributed by atoms with Crippen molar-refractivity contribution in [3.8, 4) is 11.8 Å². The van der Waals surface area contributed by atoms with Gasteiger partial charge in [0.15, 0.2) is 5.69 Å². The molecule has 1 aromatic rings. The Balaban J connectivity index is 3.41. The normalized spacial score (nSPS) is 10.8. The van der Waals surface area contributed by atoms with Crippen LogP contribution in [0, 0.1) is 21.4 Å². The Hall–Kier alpha value is -1.89. The Kier molecular flexibility index (Phi) is 3.52. The summed E-state index contributed by atoms with van der Waals surface area (Å²) in [6.07, 6.45) is -4.59. The molecule has 0 N–H and O–H groups in total. The Morgan fingerprint density at radius 3 is 2.59 bits per heavy atom. The van der Waals surface area contributed by atoms with Crippen molar-refractivity contribution >= 4 is 21.6 Å². The third kappa shape index (κ3) is 3.04. The number of alkyl halides is 3. The van der Waals surface area contributed by atoms with E-state index in [1.807, 2.05) is 0 Å². The van der Waals surface area contributed by atoms with Crippen LogP contribution in [-0.2, 0) is 0 Å². The van der Waals surface area contributed by atoms with Crippen molar-refractivity contribution in [2.45, 2.75) is 6.36 Å². The van der Waals surface area contributed by atoms with E-state index in [1.54, 1.807) is 0 Å². The Morgan fingerprint density at radius 2 is 2.18 bits per heavy atom. The zero-order valence-electron chi connectivity index (χ0n) is 7.66. The van der Waals surface area contributed by atoms with Crippen molar-refractivity contribution in [2.75, 3.05) is 0 Å². The molecule has 0 aliphatic heterocycles. The van der Waals surface area contributed by atoms with Crippen LogP contribution in [0.15, 0.2) is 10.7 Å². The number of halogens is 4. The molecule has 0 bridgehead atoms. The maximum absolute atomic E-state index is 12.0. The number of nitro groups is 1. The number of nitriles is 1. The molecule has 0 aromatic carbocycles. The van der Waals surface area contributed by atoms with Gasteiger partial charge in [-0.2, -0.15) is 5.26 Å². The van der Waals surface area contributed by atoms with Crippen LogP contribution in [0.3, 0.4) is 0 Å². The standard InChI is InChI=1S/C7HBrF3N3O3/c8-5-3(1-12)13-2-4(14(15)16)6(5)17-7(9,10)11/h2H. The Bertz CT molecular complexity index is 512. The summed E-state index contributed by atoms with van der Waals surface area (Å²) >= 11 is 2.60. The summed E-state index contributed by atoms with van der Waals surface area (Å²) in [6.45, 7) is 0. The molecule has 0 fully saturated rings. The van der Waals surface area contributed by atoms with Gasteiger partial charge in [-0.15, -0.1) is 13.2 Å². The van der Waals surface area contributed by atoms with Crippen LogP contribution < -0.4 is 4.74 Å². The minimum Gasteiger partial charge on any atom is -0.397 e. The summed E-state index contributed by atoms with van der Waals surface area (Å²) < 4.78 is 39.1. The van der Waals surface area contributed by atoms with Gasteiger partial charge in [-0.1, -0.05) is 0 Å². The fraction of sp³-hybridized carbons (Fsp3) is 0.143. The number of hydrogen-bond acceptors (Lipinski definition) is 5. The van der Waals surface area contributed by atoms with Gasteiger partial charge in [0.25, 0.3) is 0 Å². The lowest BCUT2D eigenvalue weighted by atomic mass is 10.3. The SMILES string of the molecule is N#Cc1ncc([N+](=O)[O-])c(OC(F)(F)F)c1Br. The van der Waals surface area contributed by atoms with Crippen LogP contribution in [0.25, 0.3) is 0 Å². The molecule has 0 unspecified atom stereocenters. The predicted octanol–water partition coefficient (Wildman–Crippen LogP) is 2.52. The van der Waals surface area contributed by atoms with Gasteiger partial charge in [0.2, 0.25) is 5.75 Å². The fourth-order valence-corrected chi connectivity index (χ4v) is 1.36. The van der Waals surface area contributed by atoms with E-state index in [1.165, 1.54) is 6.07 Å². The van der Waals surface area contributed by atoms with Gasteiger partial charge in [-0.25, -0.2) is 4.98 Å². The first-order valence-electron chi connectivity index (χ1n) is 3.75. The fourth-order valence-electron chi connectivity index (χ4n) is 0.882. The van der Waals surface area contributed by atoms with E-state index in [0.717, 1.165) is 0 Å². The van der Waals surface area contributed by atoms with Crippen molar-refractivity contribution in [1.82, 2.24) is 4.98 Å². The largest absolute Gasteiger partial charge is 0.573 e. The highest BCUT2D eigenvalue weighted by Crippen LogP contribution is 2.39. The number of hydrogen-bond donors (Lipinski definition) is 0. The van der Waals surface area contributed by atoms with Crippen molar-refractivity contribution in [1.29, 1.82) is 5.26 Å². The van der Waals surface area contributed by atoms with Crippen molar-refractivity contribution in [2.24, 2.45) is 0 Å². The lowest BCUT2D eigenvalue weighted by Crippen LogP contribution is -2.18. The molecular weight excluding hydrogens is 311 g/mol. The second-order valence-electron chi connectivity index (χ2n) is 2.55. The smallest absolute Gasteiger partial charge is 0.397 e. The van der Waals surface area contributed by atoms with Crippen molar-refractivity contribution in [3.63, 3.8) is 0 Å². The number of ether oxygens (including phenoxy) is 1. The summed E-state index contributed by atoms with van der Waals surface area (Å²) in [4.78, 5) is 12.7. The molecule has 10 heteroatoms. The molecule has 1 rings (SSSR count). The van der Waals surface area contributed by atoms with E-state index in [9.17, 15) is 23.3 Å². The molecule has 0 amide bonds. The molecule has 6 nitrogen and oxygen atoms in total. The molecule has 0 radical (unpaired) electrons. The van der Waals surface area contributed by atoms with E-state index in [4.69, 9.17) is 5.26 Å². The van der Waals surface area contributed by atoms with Gasteiger partial charge in [-0.05, 0) is 15.9 Å². The predicted molar refractivity (Wildman–Crippen MR) is 50.0 cm³/mol. The van der Waals surface area contributed by atoms with Crippen LogP contribution in [0.4, 0.5) is 18.9 Å². The minimum atomic E-state index is -5.11. The quantitative estimate of drug-likeness (QED) is 0.618. The van der Waals surface area contributed by atoms with E-state index >= 15 is 0 Å². The van der Waals surface area contributed by atoms with E-state index in [2.05, 4.69) is 25.7 Å². The number of pyridine rings is 1. The maximum Gasteiger partial charge on any atom is 0.573 e. The summed E-state index contributed by atoms with van der Waals surface area (Å²) in [5, 5.41) is 19.0. The second-order valence-corrected chi connectivity index (χ2v) is 3.34. The van der Waals surface area contributed by atoms with Crippen LogP contribution in [0.1, 0.15) is 5.69 Å². The van der Waals surface area contributed by atoms with Crippen LogP contribution in [0.5, 0.6) is 5.75 Å². The third-order valence-corrected chi connectivity index (χ3v) is 2.21. The Labute approximate surface area is 99.9 Å². The molecule has 17 heavy (non-hydrogen) atoms. The molecule has 0 aliphatic rings. The summed E-state index contributed by atoms with van der Waals surface area (Å²) in [6, 6.07) is 1.46. The molecule has 1 aromatic heterocycles. The zero-order valence-corrected chi connectivity index (χ0v) is 9.24. The van der Waals surface area contributed by atoms with Gasteiger partial charge in [0.1, 0.15) is 16.7 Å². The number of nitrogens with zero attached hydrogens (tertiary/aromatic N) is 3. The van der Waals surface area contributed by atoms with E-state index in [-0.39, 0.29) is 0 Å². The Morgan fingerprint density at radius 1 is 1.59 bits per heavy atom. The number of rotatable bonds is 2. The van der Waals surface area contributed by atoms with Crippen molar-refractivity contribution in [3.05, 3.63) is 26.5 Å². The molecule has 0 saturated carbocycles. The van der Waals surface area contributed by atoms with Crippen LogP contribution in [-0.4, -0.2) is 16.3 Å². The number of aromatic nitrogens is 1. The van der Waals surface area contributed by atoms with Gasteiger partial charge in [0, 0.05) is 0 Å². The average molecular weight is 312 g/mol. The zero-order chi connectivity index (χ0) is 13.2. The van der Waals surface area contributed by atoms with E-state index in [0.29, 0.717) is 6.20 Å². The molecule has 0 aliphatic carbocycles. The molecule has 90 valence electrons. The molecule has 0 atom stereocenters. The van der Waals surface area contributed by atoms with Gasteiger partial charge < -0.3 is 4.74 Å². The average Bonchev–Trinajstić information content (AvgIpc) is 2.18. The van der Waals surface area contributed by atoms with Gasteiger partial charge in [-0.3, -0.25) is 10.1 Å². The molecule has 1 heterocycles. The first-order valence-corrected chi connectivity index (χ1v) is 4.54. The topological polar surface area (TPSA) is 89.0 Å². The molecular formula is C7HBrF3N3O3. The first kappa shape index (κ1) is 13.2. The molecule has 0 saturated heterocycles.